The van der Waals surface area contributed by atoms with Crippen LogP contribution in [0.3, 0.4) is 0 Å². The predicted molar refractivity (Wildman–Crippen MR) is 112 cm³/mol. The molecular formula is C19H24Cl2N6O. The molecule has 0 radical (unpaired) electrons. The number of nitrogens with zero attached hydrogens (tertiary/aromatic N) is 3. The third-order valence-electron chi connectivity index (χ3n) is 5.21. The van der Waals surface area contributed by atoms with E-state index in [1.165, 1.54) is 0 Å². The summed E-state index contributed by atoms with van der Waals surface area (Å²) in [5.41, 5.74) is 3.41. The SMILES string of the molecule is Cc1c(C(=O)NCCc2c[nH]c3ccc(Cl)cc23)nnn1C1CCNCC1.Cl. The summed E-state index contributed by atoms with van der Waals surface area (Å²) in [5, 5.41) is 16.4. The van der Waals surface area contributed by atoms with Gasteiger partial charge in [-0.2, -0.15) is 0 Å². The van der Waals surface area contributed by atoms with Crippen LogP contribution in [0.5, 0.6) is 0 Å². The van der Waals surface area contributed by atoms with Crippen molar-refractivity contribution >= 4 is 40.8 Å². The number of aromatic nitrogens is 4. The highest BCUT2D eigenvalue weighted by Crippen LogP contribution is 2.23. The van der Waals surface area contributed by atoms with Crippen LogP contribution in [0.2, 0.25) is 5.02 Å². The zero-order valence-electron chi connectivity index (χ0n) is 15.7. The van der Waals surface area contributed by atoms with E-state index in [1.54, 1.807) is 0 Å². The zero-order chi connectivity index (χ0) is 18.8. The molecule has 4 rings (SSSR count). The molecule has 1 fully saturated rings. The van der Waals surface area contributed by atoms with Crippen molar-refractivity contribution in [3.8, 4) is 0 Å². The zero-order valence-corrected chi connectivity index (χ0v) is 17.2. The van der Waals surface area contributed by atoms with Gasteiger partial charge in [0.05, 0.1) is 11.7 Å². The predicted octanol–water partition coefficient (Wildman–Crippen LogP) is 3.04. The van der Waals surface area contributed by atoms with Crippen molar-refractivity contribution < 1.29 is 4.79 Å². The molecule has 3 N–H and O–H groups in total. The molecule has 3 heterocycles. The van der Waals surface area contributed by atoms with Gasteiger partial charge in [0.15, 0.2) is 5.69 Å². The first-order chi connectivity index (χ1) is 13.1. The minimum atomic E-state index is -0.175. The first kappa shape index (κ1) is 20.6. The van der Waals surface area contributed by atoms with Crippen LogP contribution in [-0.4, -0.2) is 45.5 Å². The van der Waals surface area contributed by atoms with E-state index in [1.807, 2.05) is 36.0 Å². The molecule has 1 saturated heterocycles. The normalized spacial score (nSPS) is 14.8. The van der Waals surface area contributed by atoms with Crippen LogP contribution < -0.4 is 10.6 Å². The van der Waals surface area contributed by atoms with Gasteiger partial charge in [-0.05, 0) is 63.0 Å². The Bertz CT molecular complexity index is 961. The molecule has 3 aromatic rings. The van der Waals surface area contributed by atoms with Gasteiger partial charge in [-0.25, -0.2) is 4.68 Å². The van der Waals surface area contributed by atoms with E-state index in [9.17, 15) is 4.79 Å². The highest BCUT2D eigenvalue weighted by molar-refractivity contribution is 6.31. The lowest BCUT2D eigenvalue weighted by atomic mass is 10.1. The van der Waals surface area contributed by atoms with Crippen molar-refractivity contribution in [2.45, 2.75) is 32.2 Å². The summed E-state index contributed by atoms with van der Waals surface area (Å²) in [6, 6.07) is 6.08. The molecule has 7 nitrogen and oxygen atoms in total. The Morgan fingerprint density at radius 2 is 2.14 bits per heavy atom. The van der Waals surface area contributed by atoms with Gasteiger partial charge in [-0.1, -0.05) is 16.8 Å². The Morgan fingerprint density at radius 3 is 2.93 bits per heavy atom. The van der Waals surface area contributed by atoms with E-state index in [0.29, 0.717) is 29.7 Å². The van der Waals surface area contributed by atoms with Crippen molar-refractivity contribution in [1.82, 2.24) is 30.6 Å². The fraction of sp³-hybridized carbons (Fsp3) is 0.421. The van der Waals surface area contributed by atoms with Crippen LogP contribution in [0.25, 0.3) is 10.9 Å². The van der Waals surface area contributed by atoms with Gasteiger partial charge in [-0.3, -0.25) is 4.79 Å². The van der Waals surface area contributed by atoms with E-state index in [0.717, 1.165) is 48.1 Å². The quantitative estimate of drug-likeness (QED) is 0.589. The van der Waals surface area contributed by atoms with Crippen molar-refractivity contribution in [2.24, 2.45) is 0 Å². The lowest BCUT2D eigenvalue weighted by Gasteiger charge is -2.23. The van der Waals surface area contributed by atoms with E-state index >= 15 is 0 Å². The second-order valence-electron chi connectivity index (χ2n) is 6.96. The number of aromatic amines is 1. The summed E-state index contributed by atoms with van der Waals surface area (Å²) >= 11 is 6.09. The lowest BCUT2D eigenvalue weighted by molar-refractivity contribution is 0.0948. The summed E-state index contributed by atoms with van der Waals surface area (Å²) < 4.78 is 1.90. The minimum Gasteiger partial charge on any atom is -0.361 e. The number of halogens is 2. The number of hydrogen-bond acceptors (Lipinski definition) is 4. The van der Waals surface area contributed by atoms with Gasteiger partial charge < -0.3 is 15.6 Å². The van der Waals surface area contributed by atoms with Crippen LogP contribution >= 0.6 is 24.0 Å². The van der Waals surface area contributed by atoms with Crippen LogP contribution in [0, 0.1) is 6.92 Å². The molecule has 9 heteroatoms. The molecule has 150 valence electrons. The van der Waals surface area contributed by atoms with Crippen molar-refractivity contribution in [3.05, 3.63) is 46.4 Å². The second-order valence-corrected chi connectivity index (χ2v) is 7.40. The number of benzene rings is 1. The summed E-state index contributed by atoms with van der Waals surface area (Å²) in [4.78, 5) is 15.8. The largest absolute Gasteiger partial charge is 0.361 e. The minimum absolute atomic E-state index is 0. The maximum Gasteiger partial charge on any atom is 0.273 e. The van der Waals surface area contributed by atoms with Crippen LogP contribution in [-0.2, 0) is 6.42 Å². The standard InChI is InChI=1S/C19H23ClN6O.ClH/c1-12-18(24-25-26(12)15-5-7-21-8-6-15)19(27)22-9-4-13-11-23-17-3-2-14(20)10-16(13)17;/h2-3,10-11,15,21,23H,4-9H2,1H3,(H,22,27);1H. The maximum atomic E-state index is 12.5. The number of nitrogens with one attached hydrogen (secondary N) is 3. The Hall–Kier alpha value is -2.09. The monoisotopic (exact) mass is 422 g/mol. The molecule has 2 aromatic heterocycles. The number of H-pyrrole nitrogens is 1. The second kappa shape index (κ2) is 8.94. The molecule has 0 spiro atoms. The molecule has 0 saturated carbocycles. The molecule has 1 amide bonds. The van der Waals surface area contributed by atoms with Crippen molar-refractivity contribution in [1.29, 1.82) is 0 Å². The van der Waals surface area contributed by atoms with Gasteiger partial charge in [0.1, 0.15) is 0 Å². The van der Waals surface area contributed by atoms with E-state index in [2.05, 4.69) is 25.9 Å². The number of fused-ring (bicyclic) bond motifs is 1. The van der Waals surface area contributed by atoms with Gasteiger partial charge in [-0.15, -0.1) is 17.5 Å². The molecule has 28 heavy (non-hydrogen) atoms. The number of hydrogen-bond donors (Lipinski definition) is 3. The highest BCUT2D eigenvalue weighted by atomic mass is 35.5. The van der Waals surface area contributed by atoms with E-state index in [4.69, 9.17) is 11.6 Å². The molecule has 0 atom stereocenters. The average Bonchev–Trinajstić information content (AvgIpc) is 3.26. The first-order valence-electron chi connectivity index (χ1n) is 9.29. The fourth-order valence-corrected chi connectivity index (χ4v) is 3.87. The average molecular weight is 423 g/mol. The van der Waals surface area contributed by atoms with Gasteiger partial charge in [0.2, 0.25) is 0 Å². The number of amides is 1. The lowest BCUT2D eigenvalue weighted by Crippen LogP contribution is -2.30. The molecule has 1 aromatic carbocycles. The Morgan fingerprint density at radius 1 is 1.36 bits per heavy atom. The third-order valence-corrected chi connectivity index (χ3v) is 5.44. The van der Waals surface area contributed by atoms with Gasteiger partial charge in [0, 0.05) is 28.7 Å². The molecule has 0 aliphatic carbocycles. The molecule has 1 aliphatic heterocycles. The van der Waals surface area contributed by atoms with Gasteiger partial charge in [0.25, 0.3) is 5.91 Å². The molecule has 0 unspecified atom stereocenters. The summed E-state index contributed by atoms with van der Waals surface area (Å²) in [6.07, 6.45) is 4.70. The highest BCUT2D eigenvalue weighted by Gasteiger charge is 2.22. The Balaban J connectivity index is 0.00000225. The maximum absolute atomic E-state index is 12.5. The topological polar surface area (TPSA) is 87.6 Å². The Kier molecular flexibility index (Phi) is 6.59. The van der Waals surface area contributed by atoms with Crippen LogP contribution in [0.15, 0.2) is 24.4 Å². The van der Waals surface area contributed by atoms with Crippen molar-refractivity contribution in [2.75, 3.05) is 19.6 Å². The summed E-state index contributed by atoms with van der Waals surface area (Å²) in [7, 11) is 0. The van der Waals surface area contributed by atoms with Crippen molar-refractivity contribution in [3.63, 3.8) is 0 Å². The molecular weight excluding hydrogens is 399 g/mol. The third kappa shape index (κ3) is 4.16. The number of rotatable bonds is 5. The summed E-state index contributed by atoms with van der Waals surface area (Å²) in [6.45, 7) is 4.39. The molecule has 1 aliphatic rings. The number of carbonyl (C=O) groups is 1. The first-order valence-corrected chi connectivity index (χ1v) is 9.67. The number of piperidine rings is 1. The summed E-state index contributed by atoms with van der Waals surface area (Å²) in [5.74, 6) is -0.175. The van der Waals surface area contributed by atoms with E-state index < -0.39 is 0 Å². The van der Waals surface area contributed by atoms with Crippen LogP contribution in [0.1, 0.15) is 40.6 Å². The van der Waals surface area contributed by atoms with Gasteiger partial charge >= 0.3 is 0 Å². The Labute approximate surface area is 174 Å². The smallest absolute Gasteiger partial charge is 0.273 e. The number of carbonyl (C=O) groups excluding carboxylic acids is 1. The fourth-order valence-electron chi connectivity index (χ4n) is 3.70. The van der Waals surface area contributed by atoms with Crippen LogP contribution in [0.4, 0.5) is 0 Å². The molecule has 0 bridgehead atoms. The van der Waals surface area contributed by atoms with E-state index in [-0.39, 0.29) is 18.3 Å².